The topological polar surface area (TPSA) is 37.0 Å². The normalized spacial score (nSPS) is 14.7. The molecule has 2 rings (SSSR count). The summed E-state index contributed by atoms with van der Waals surface area (Å²) in [6.45, 7) is 8.44. The second-order valence-corrected chi connectivity index (χ2v) is 5.42. The summed E-state index contributed by atoms with van der Waals surface area (Å²) in [4.78, 5) is 4.84. The van der Waals surface area contributed by atoms with Crippen LogP contribution in [-0.2, 0) is 0 Å². The minimum Gasteiger partial charge on any atom is -0.497 e. The van der Waals surface area contributed by atoms with Crippen LogP contribution in [0.15, 0.2) is 24.3 Å². The van der Waals surface area contributed by atoms with Gasteiger partial charge < -0.3 is 19.7 Å². The molecule has 1 heterocycles. The fourth-order valence-corrected chi connectivity index (χ4v) is 2.35. The van der Waals surface area contributed by atoms with Crippen LogP contribution in [-0.4, -0.2) is 76.4 Å². The summed E-state index contributed by atoms with van der Waals surface area (Å²) in [6, 6.07) is 7.73. The molecule has 1 aliphatic heterocycles. The molecule has 1 aromatic rings. The standard InChI is InChI=1S/C16H27N3O2.2ClH/c1-18(11-12-19-9-7-17-8-10-19)13-14-21-16-5-3-15(20-2)4-6-16;;/h3-6,17H,7-14H2,1-2H3;2*1H. The molecule has 1 fully saturated rings. The Bertz CT molecular complexity index is 401. The van der Waals surface area contributed by atoms with Gasteiger partial charge in [-0.05, 0) is 31.3 Å². The Balaban J connectivity index is 0.00000242. The van der Waals surface area contributed by atoms with Crippen molar-refractivity contribution in [3.8, 4) is 11.5 Å². The molecule has 0 aliphatic carbocycles. The van der Waals surface area contributed by atoms with E-state index < -0.39 is 0 Å². The van der Waals surface area contributed by atoms with Crippen molar-refractivity contribution >= 4 is 24.8 Å². The molecule has 0 bridgehead atoms. The summed E-state index contributed by atoms with van der Waals surface area (Å²) in [5, 5.41) is 3.38. The number of nitrogens with one attached hydrogen (secondary N) is 1. The lowest BCUT2D eigenvalue weighted by Crippen LogP contribution is -2.46. The Labute approximate surface area is 152 Å². The molecule has 134 valence electrons. The first-order chi connectivity index (χ1) is 10.3. The van der Waals surface area contributed by atoms with Crippen LogP contribution in [0.25, 0.3) is 0 Å². The molecule has 7 heteroatoms. The largest absolute Gasteiger partial charge is 0.497 e. The van der Waals surface area contributed by atoms with Gasteiger partial charge in [0.2, 0.25) is 0 Å². The Morgan fingerprint density at radius 2 is 1.65 bits per heavy atom. The summed E-state index contributed by atoms with van der Waals surface area (Å²) >= 11 is 0. The number of hydrogen-bond donors (Lipinski definition) is 1. The minimum absolute atomic E-state index is 0. The Morgan fingerprint density at radius 3 is 2.26 bits per heavy atom. The van der Waals surface area contributed by atoms with Crippen LogP contribution in [0.1, 0.15) is 0 Å². The first kappa shape index (κ1) is 22.3. The Hall–Kier alpha value is -0.720. The molecule has 0 spiro atoms. The zero-order valence-corrected chi connectivity index (χ0v) is 15.6. The first-order valence-electron chi connectivity index (χ1n) is 7.66. The lowest BCUT2D eigenvalue weighted by Gasteiger charge is -2.29. The SMILES string of the molecule is COc1ccc(OCCN(C)CCN2CCNCC2)cc1.Cl.Cl. The lowest BCUT2D eigenvalue weighted by atomic mass is 10.3. The van der Waals surface area contributed by atoms with Gasteiger partial charge in [-0.25, -0.2) is 0 Å². The van der Waals surface area contributed by atoms with Crippen LogP contribution in [0.5, 0.6) is 11.5 Å². The number of methoxy groups -OCH3 is 1. The van der Waals surface area contributed by atoms with Crippen LogP contribution in [0.4, 0.5) is 0 Å². The average Bonchev–Trinajstić information content (AvgIpc) is 2.54. The molecule has 0 unspecified atom stereocenters. The maximum Gasteiger partial charge on any atom is 0.119 e. The highest BCUT2D eigenvalue weighted by Crippen LogP contribution is 2.16. The van der Waals surface area contributed by atoms with E-state index in [2.05, 4.69) is 22.2 Å². The van der Waals surface area contributed by atoms with E-state index in [0.29, 0.717) is 6.61 Å². The van der Waals surface area contributed by atoms with Gasteiger partial charge in [0.05, 0.1) is 7.11 Å². The Morgan fingerprint density at radius 1 is 1.04 bits per heavy atom. The molecule has 0 atom stereocenters. The smallest absolute Gasteiger partial charge is 0.119 e. The predicted octanol–water partition coefficient (Wildman–Crippen LogP) is 1.75. The monoisotopic (exact) mass is 365 g/mol. The summed E-state index contributed by atoms with van der Waals surface area (Å²) < 4.78 is 10.9. The van der Waals surface area contributed by atoms with Crippen molar-refractivity contribution in [1.82, 2.24) is 15.1 Å². The van der Waals surface area contributed by atoms with E-state index in [4.69, 9.17) is 9.47 Å². The molecule has 1 aliphatic rings. The zero-order valence-electron chi connectivity index (χ0n) is 14.0. The van der Waals surface area contributed by atoms with E-state index in [1.165, 1.54) is 0 Å². The van der Waals surface area contributed by atoms with Gasteiger partial charge in [-0.1, -0.05) is 0 Å². The number of halogens is 2. The number of ether oxygens (including phenoxy) is 2. The van der Waals surface area contributed by atoms with Gasteiger partial charge in [-0.3, -0.25) is 4.90 Å². The molecule has 0 amide bonds. The molecular formula is C16H29Cl2N3O2. The van der Waals surface area contributed by atoms with Crippen LogP contribution < -0.4 is 14.8 Å². The minimum atomic E-state index is 0. The van der Waals surface area contributed by atoms with Crippen molar-refractivity contribution in [2.75, 3.05) is 66.6 Å². The fourth-order valence-electron chi connectivity index (χ4n) is 2.35. The van der Waals surface area contributed by atoms with Crippen LogP contribution in [0, 0.1) is 0 Å². The quantitative estimate of drug-likeness (QED) is 0.759. The third-order valence-corrected chi connectivity index (χ3v) is 3.81. The van der Waals surface area contributed by atoms with Crippen molar-refractivity contribution in [1.29, 1.82) is 0 Å². The Kier molecular flexibility index (Phi) is 12.3. The molecule has 23 heavy (non-hydrogen) atoms. The molecule has 5 nitrogen and oxygen atoms in total. The maximum atomic E-state index is 5.75. The molecule has 0 radical (unpaired) electrons. The molecule has 0 aromatic heterocycles. The van der Waals surface area contributed by atoms with Crippen molar-refractivity contribution in [2.24, 2.45) is 0 Å². The van der Waals surface area contributed by atoms with E-state index in [1.807, 2.05) is 24.3 Å². The second-order valence-electron chi connectivity index (χ2n) is 5.42. The maximum absolute atomic E-state index is 5.75. The van der Waals surface area contributed by atoms with Gasteiger partial charge in [0.1, 0.15) is 18.1 Å². The summed E-state index contributed by atoms with van der Waals surface area (Å²) in [7, 11) is 3.82. The van der Waals surface area contributed by atoms with E-state index >= 15 is 0 Å². The highest BCUT2D eigenvalue weighted by atomic mass is 35.5. The van der Waals surface area contributed by atoms with Crippen LogP contribution in [0.2, 0.25) is 0 Å². The number of benzene rings is 1. The third-order valence-electron chi connectivity index (χ3n) is 3.81. The van der Waals surface area contributed by atoms with Crippen molar-refractivity contribution in [2.45, 2.75) is 0 Å². The fraction of sp³-hybridized carbons (Fsp3) is 0.625. The average molecular weight is 366 g/mol. The number of likely N-dealkylation sites (N-methyl/N-ethyl adjacent to an activating group) is 1. The molecule has 1 N–H and O–H groups in total. The van der Waals surface area contributed by atoms with Gasteiger partial charge in [0.25, 0.3) is 0 Å². The summed E-state index contributed by atoms with van der Waals surface area (Å²) in [5.41, 5.74) is 0. The molecule has 0 saturated carbocycles. The zero-order chi connectivity index (χ0) is 14.9. The van der Waals surface area contributed by atoms with Gasteiger partial charge in [0, 0.05) is 45.8 Å². The van der Waals surface area contributed by atoms with Gasteiger partial charge in [-0.2, -0.15) is 0 Å². The first-order valence-corrected chi connectivity index (χ1v) is 7.66. The van der Waals surface area contributed by atoms with Gasteiger partial charge in [-0.15, -0.1) is 24.8 Å². The second kappa shape index (κ2) is 12.7. The van der Waals surface area contributed by atoms with E-state index in [0.717, 1.165) is 57.3 Å². The van der Waals surface area contributed by atoms with Crippen LogP contribution >= 0.6 is 24.8 Å². The highest BCUT2D eigenvalue weighted by Gasteiger charge is 2.09. The summed E-state index contributed by atoms with van der Waals surface area (Å²) in [5.74, 6) is 1.75. The lowest BCUT2D eigenvalue weighted by molar-refractivity contribution is 0.187. The highest BCUT2D eigenvalue weighted by molar-refractivity contribution is 5.85. The third kappa shape index (κ3) is 8.63. The van der Waals surface area contributed by atoms with Crippen molar-refractivity contribution in [3.63, 3.8) is 0 Å². The molecular weight excluding hydrogens is 337 g/mol. The van der Waals surface area contributed by atoms with Crippen LogP contribution in [0.3, 0.4) is 0 Å². The number of piperazine rings is 1. The molecule has 1 aromatic carbocycles. The number of rotatable bonds is 8. The predicted molar refractivity (Wildman–Crippen MR) is 99.8 cm³/mol. The van der Waals surface area contributed by atoms with Gasteiger partial charge >= 0.3 is 0 Å². The van der Waals surface area contributed by atoms with E-state index in [-0.39, 0.29) is 24.8 Å². The van der Waals surface area contributed by atoms with Gasteiger partial charge in [0.15, 0.2) is 0 Å². The van der Waals surface area contributed by atoms with E-state index in [1.54, 1.807) is 7.11 Å². The number of hydrogen-bond acceptors (Lipinski definition) is 5. The van der Waals surface area contributed by atoms with Crippen molar-refractivity contribution in [3.05, 3.63) is 24.3 Å². The number of nitrogens with zero attached hydrogens (tertiary/aromatic N) is 2. The van der Waals surface area contributed by atoms with E-state index in [9.17, 15) is 0 Å². The van der Waals surface area contributed by atoms with Crippen molar-refractivity contribution < 1.29 is 9.47 Å². The molecule has 1 saturated heterocycles. The summed E-state index contributed by atoms with van der Waals surface area (Å²) in [6.07, 6.45) is 0.